The number of rotatable bonds is 2. The summed E-state index contributed by atoms with van der Waals surface area (Å²) in [6.45, 7) is 5.40. The number of amides is 1. The van der Waals surface area contributed by atoms with Gasteiger partial charge in [0.05, 0.1) is 11.3 Å². The van der Waals surface area contributed by atoms with Crippen molar-refractivity contribution in [2.45, 2.75) is 25.9 Å². The Hall–Kier alpha value is -1.66. The third-order valence-corrected chi connectivity index (χ3v) is 4.04. The molecule has 1 fully saturated rings. The van der Waals surface area contributed by atoms with Crippen LogP contribution < -0.4 is 11.3 Å². The average molecular weight is 280 g/mol. The summed E-state index contributed by atoms with van der Waals surface area (Å²) in [7, 11) is 2.05. The topological polar surface area (TPSA) is 61.6 Å². The summed E-state index contributed by atoms with van der Waals surface area (Å²) in [6, 6.07) is 4.93. The number of hydrogen-bond acceptors (Lipinski definition) is 4. The quantitative estimate of drug-likeness (QED) is 0.633. The van der Waals surface area contributed by atoms with Crippen molar-refractivity contribution in [3.63, 3.8) is 0 Å². The first kappa shape index (κ1) is 14.7. The standard InChI is InChI=1S/C14H21FN4O/c1-9-7-19(8-10(2)18(9)3)14(20)11-5-4-6-12(15)13(11)17-16/h4-6,9-10,17H,7-8,16H2,1-3H3. The van der Waals surface area contributed by atoms with Crippen LogP contribution in [0.15, 0.2) is 18.2 Å². The number of nitrogens with one attached hydrogen (secondary N) is 1. The molecular formula is C14H21FN4O. The molecule has 1 aromatic rings. The molecule has 0 saturated carbocycles. The molecule has 2 unspecified atom stereocenters. The van der Waals surface area contributed by atoms with Gasteiger partial charge in [0, 0.05) is 25.2 Å². The van der Waals surface area contributed by atoms with Gasteiger partial charge < -0.3 is 10.3 Å². The van der Waals surface area contributed by atoms with Crippen LogP contribution in [0, 0.1) is 5.82 Å². The maximum absolute atomic E-state index is 13.7. The number of likely N-dealkylation sites (N-methyl/N-ethyl adjacent to an activating group) is 1. The highest BCUT2D eigenvalue weighted by molar-refractivity contribution is 5.99. The largest absolute Gasteiger partial charge is 0.335 e. The van der Waals surface area contributed by atoms with Crippen molar-refractivity contribution in [1.82, 2.24) is 9.80 Å². The van der Waals surface area contributed by atoms with Crippen LogP contribution in [-0.2, 0) is 0 Å². The fraction of sp³-hybridized carbons (Fsp3) is 0.500. The molecule has 1 heterocycles. The molecule has 1 aliphatic rings. The average Bonchev–Trinajstić information content (AvgIpc) is 2.43. The molecular weight excluding hydrogens is 259 g/mol. The van der Waals surface area contributed by atoms with E-state index in [0.717, 1.165) is 0 Å². The van der Waals surface area contributed by atoms with E-state index in [0.29, 0.717) is 13.1 Å². The van der Waals surface area contributed by atoms with Crippen LogP contribution in [-0.4, -0.2) is 47.9 Å². The Balaban J connectivity index is 2.26. The van der Waals surface area contributed by atoms with Gasteiger partial charge in [0.2, 0.25) is 0 Å². The second kappa shape index (κ2) is 5.76. The number of carbonyl (C=O) groups is 1. The summed E-state index contributed by atoms with van der Waals surface area (Å²) < 4.78 is 13.7. The summed E-state index contributed by atoms with van der Waals surface area (Å²) in [5.41, 5.74) is 2.61. The van der Waals surface area contributed by atoms with Gasteiger partial charge in [-0.25, -0.2) is 4.39 Å². The van der Waals surface area contributed by atoms with E-state index in [1.807, 2.05) is 7.05 Å². The van der Waals surface area contributed by atoms with Gasteiger partial charge >= 0.3 is 0 Å². The number of anilines is 1. The lowest BCUT2D eigenvalue weighted by Crippen LogP contribution is -2.56. The van der Waals surface area contributed by atoms with Crippen LogP contribution in [0.3, 0.4) is 0 Å². The zero-order chi connectivity index (χ0) is 14.9. The predicted molar refractivity (Wildman–Crippen MR) is 76.8 cm³/mol. The minimum Gasteiger partial charge on any atom is -0.335 e. The van der Waals surface area contributed by atoms with Gasteiger partial charge in [-0.05, 0) is 33.0 Å². The Labute approximate surface area is 118 Å². The smallest absolute Gasteiger partial charge is 0.256 e. The van der Waals surface area contributed by atoms with E-state index in [-0.39, 0.29) is 29.2 Å². The van der Waals surface area contributed by atoms with Crippen molar-refractivity contribution in [1.29, 1.82) is 0 Å². The second-order valence-electron chi connectivity index (χ2n) is 5.38. The van der Waals surface area contributed by atoms with Crippen LogP contribution in [0.2, 0.25) is 0 Å². The lowest BCUT2D eigenvalue weighted by molar-refractivity contribution is 0.0415. The van der Waals surface area contributed by atoms with Gasteiger partial charge in [-0.15, -0.1) is 0 Å². The lowest BCUT2D eigenvalue weighted by atomic mass is 10.1. The van der Waals surface area contributed by atoms with Crippen LogP contribution in [0.1, 0.15) is 24.2 Å². The molecule has 5 nitrogen and oxygen atoms in total. The van der Waals surface area contributed by atoms with Crippen LogP contribution in [0.4, 0.5) is 10.1 Å². The summed E-state index contributed by atoms with van der Waals surface area (Å²) in [6.07, 6.45) is 0. The van der Waals surface area contributed by atoms with E-state index < -0.39 is 5.82 Å². The molecule has 1 saturated heterocycles. The molecule has 2 rings (SSSR count). The Kier molecular flexibility index (Phi) is 4.25. The number of nitrogens with two attached hydrogens (primary N) is 1. The van der Waals surface area contributed by atoms with Crippen molar-refractivity contribution >= 4 is 11.6 Å². The maximum Gasteiger partial charge on any atom is 0.256 e. The number of benzene rings is 1. The van der Waals surface area contributed by atoms with E-state index in [9.17, 15) is 9.18 Å². The molecule has 0 radical (unpaired) electrons. The van der Waals surface area contributed by atoms with Gasteiger partial charge in [0.25, 0.3) is 5.91 Å². The number of hydrogen-bond donors (Lipinski definition) is 2. The van der Waals surface area contributed by atoms with Crippen molar-refractivity contribution in [3.8, 4) is 0 Å². The SMILES string of the molecule is CC1CN(C(=O)c2cccc(F)c2NN)CC(C)N1C. The Bertz CT molecular complexity index is 496. The van der Waals surface area contributed by atoms with Crippen LogP contribution in [0.5, 0.6) is 0 Å². The van der Waals surface area contributed by atoms with Gasteiger partial charge in [0.1, 0.15) is 5.82 Å². The third-order valence-electron chi connectivity index (χ3n) is 4.04. The maximum atomic E-state index is 13.7. The molecule has 6 heteroatoms. The minimum absolute atomic E-state index is 0.0525. The Morgan fingerprint density at radius 2 is 1.95 bits per heavy atom. The van der Waals surface area contributed by atoms with E-state index in [2.05, 4.69) is 24.2 Å². The van der Waals surface area contributed by atoms with Gasteiger partial charge in [0.15, 0.2) is 0 Å². The molecule has 20 heavy (non-hydrogen) atoms. The first-order valence-corrected chi connectivity index (χ1v) is 6.72. The molecule has 1 aromatic carbocycles. The van der Waals surface area contributed by atoms with Crippen LogP contribution >= 0.6 is 0 Å². The highest BCUT2D eigenvalue weighted by atomic mass is 19.1. The molecule has 1 amide bonds. The Morgan fingerprint density at radius 3 is 2.50 bits per heavy atom. The van der Waals surface area contributed by atoms with Gasteiger partial charge in [-0.2, -0.15) is 0 Å². The van der Waals surface area contributed by atoms with Crippen molar-refractivity contribution in [3.05, 3.63) is 29.6 Å². The number of carbonyl (C=O) groups excluding carboxylic acids is 1. The number of piperazine rings is 1. The summed E-state index contributed by atoms with van der Waals surface area (Å²) >= 11 is 0. The third kappa shape index (κ3) is 2.62. The molecule has 3 N–H and O–H groups in total. The first-order valence-electron chi connectivity index (χ1n) is 6.72. The molecule has 0 spiro atoms. The van der Waals surface area contributed by atoms with Crippen molar-refractivity contribution < 1.29 is 9.18 Å². The number of hydrazine groups is 1. The Morgan fingerprint density at radius 1 is 1.35 bits per heavy atom. The zero-order valence-electron chi connectivity index (χ0n) is 12.1. The second-order valence-corrected chi connectivity index (χ2v) is 5.38. The lowest BCUT2D eigenvalue weighted by Gasteiger charge is -2.42. The molecule has 110 valence electrons. The molecule has 0 aliphatic carbocycles. The molecule has 0 aromatic heterocycles. The van der Waals surface area contributed by atoms with Crippen LogP contribution in [0.25, 0.3) is 0 Å². The highest BCUT2D eigenvalue weighted by Gasteiger charge is 2.30. The van der Waals surface area contributed by atoms with E-state index in [1.165, 1.54) is 12.1 Å². The van der Waals surface area contributed by atoms with E-state index >= 15 is 0 Å². The number of nitrogens with zero attached hydrogens (tertiary/aromatic N) is 2. The monoisotopic (exact) mass is 280 g/mol. The van der Waals surface area contributed by atoms with E-state index in [4.69, 9.17) is 5.84 Å². The summed E-state index contributed by atoms with van der Waals surface area (Å²) in [5.74, 6) is 4.62. The normalized spacial score (nSPS) is 23.8. The minimum atomic E-state index is -0.520. The van der Waals surface area contributed by atoms with E-state index in [1.54, 1.807) is 11.0 Å². The number of nitrogen functional groups attached to an aromatic ring is 1. The van der Waals surface area contributed by atoms with Crippen molar-refractivity contribution in [2.24, 2.45) is 5.84 Å². The van der Waals surface area contributed by atoms with Gasteiger partial charge in [-0.3, -0.25) is 15.5 Å². The first-order chi connectivity index (χ1) is 9.45. The summed E-state index contributed by atoms with van der Waals surface area (Å²) in [5, 5.41) is 0. The predicted octanol–water partition coefficient (Wildman–Crippen LogP) is 1.28. The number of halogens is 1. The fourth-order valence-corrected chi connectivity index (χ4v) is 2.59. The fourth-order valence-electron chi connectivity index (χ4n) is 2.59. The molecule has 0 bridgehead atoms. The highest BCUT2D eigenvalue weighted by Crippen LogP contribution is 2.22. The van der Waals surface area contributed by atoms with Gasteiger partial charge in [-0.1, -0.05) is 6.07 Å². The van der Waals surface area contributed by atoms with Crippen molar-refractivity contribution in [2.75, 3.05) is 25.6 Å². The number of para-hydroxylation sites is 1. The zero-order valence-corrected chi connectivity index (χ0v) is 12.1. The molecule has 2 atom stereocenters. The molecule has 1 aliphatic heterocycles. The summed E-state index contributed by atoms with van der Waals surface area (Å²) in [4.78, 5) is 16.6.